The average molecular weight is 731 g/mol. The summed E-state index contributed by atoms with van der Waals surface area (Å²) < 4.78 is 11.3. The second-order valence-electron chi connectivity index (χ2n) is 13.3. The van der Waals surface area contributed by atoms with Crippen molar-refractivity contribution in [2.75, 3.05) is 12.4 Å². The predicted molar refractivity (Wildman–Crippen MR) is 212 cm³/mol. The zero-order valence-corrected chi connectivity index (χ0v) is 31.7. The molecule has 52 heavy (non-hydrogen) atoms. The Balaban J connectivity index is 1.24. The minimum absolute atomic E-state index is 0.00113. The van der Waals surface area contributed by atoms with Crippen LogP contribution in [0.15, 0.2) is 71.4 Å². The van der Waals surface area contributed by atoms with Crippen molar-refractivity contribution in [3.8, 4) is 17.2 Å². The lowest BCUT2D eigenvalue weighted by atomic mass is 10.0. The first-order valence-corrected chi connectivity index (χ1v) is 19.3. The number of aryl methyl sites for hydroxylation is 1. The van der Waals surface area contributed by atoms with Crippen LogP contribution in [0.3, 0.4) is 0 Å². The Bertz CT molecular complexity index is 1670. The number of unbranched alkanes of at least 4 members (excludes halogenated alkanes) is 12. The number of aromatic hydroxyl groups is 1. The first-order valence-electron chi connectivity index (χ1n) is 18.9. The molecule has 1 fully saturated rings. The molecule has 1 amide bonds. The van der Waals surface area contributed by atoms with Crippen molar-refractivity contribution in [1.82, 2.24) is 10.9 Å². The molecule has 9 nitrogen and oxygen atoms in total. The fraction of sp³-hybridized carbons (Fsp3) is 0.452. The first kappa shape index (κ1) is 40.3. The van der Waals surface area contributed by atoms with Gasteiger partial charge in [0.2, 0.25) is 5.78 Å². The van der Waals surface area contributed by atoms with Crippen LogP contribution in [0.25, 0.3) is 6.08 Å². The number of carbonyl (C=O) groups excluding carboxylic acids is 2. The molecule has 0 aliphatic carbocycles. The van der Waals surface area contributed by atoms with E-state index in [1.165, 1.54) is 95.8 Å². The van der Waals surface area contributed by atoms with Crippen molar-refractivity contribution in [3.05, 3.63) is 82.5 Å². The summed E-state index contributed by atoms with van der Waals surface area (Å²) in [4.78, 5) is 30.8. The fourth-order valence-electron chi connectivity index (χ4n) is 6.13. The van der Waals surface area contributed by atoms with E-state index in [-0.39, 0.29) is 34.7 Å². The Labute approximate surface area is 314 Å². The van der Waals surface area contributed by atoms with Gasteiger partial charge >= 0.3 is 0 Å². The Morgan fingerprint density at radius 1 is 0.885 bits per heavy atom. The van der Waals surface area contributed by atoms with Crippen LogP contribution in [-0.4, -0.2) is 35.8 Å². The first-order chi connectivity index (χ1) is 25.3. The van der Waals surface area contributed by atoms with Crippen molar-refractivity contribution in [1.29, 1.82) is 0 Å². The highest BCUT2D eigenvalue weighted by Gasteiger charge is 2.25. The summed E-state index contributed by atoms with van der Waals surface area (Å²) in [5, 5.41) is 13.1. The number of anilines is 1. The molecule has 4 rings (SSSR count). The number of phenols is 1. The fourth-order valence-corrected chi connectivity index (χ4v) is 6.29. The third kappa shape index (κ3) is 12.9. The van der Waals surface area contributed by atoms with Gasteiger partial charge in [-0.15, -0.1) is 0 Å². The molecule has 280 valence electrons. The number of nitrogens with one attached hydrogen (secondary N) is 3. The molecular weight excluding hydrogens is 676 g/mol. The molecule has 0 radical (unpaired) electrons. The number of hydrazine groups is 1. The Morgan fingerprint density at radius 3 is 2.25 bits per heavy atom. The summed E-state index contributed by atoms with van der Waals surface area (Å²) in [6, 6.07) is 17.7. The Kier molecular flexibility index (Phi) is 16.9. The van der Waals surface area contributed by atoms with Gasteiger partial charge in [-0.2, -0.15) is 0 Å². The van der Waals surface area contributed by atoms with Gasteiger partial charge in [0.15, 0.2) is 23.4 Å². The summed E-state index contributed by atoms with van der Waals surface area (Å²) in [5.41, 5.74) is 8.49. The molecular formula is C42H55ClN4O5. The van der Waals surface area contributed by atoms with E-state index < -0.39 is 6.10 Å². The van der Waals surface area contributed by atoms with Gasteiger partial charge in [0.05, 0.1) is 17.8 Å². The van der Waals surface area contributed by atoms with E-state index in [2.05, 4.69) is 34.2 Å². The van der Waals surface area contributed by atoms with Crippen LogP contribution in [-0.2, 0) is 16.0 Å². The third-order valence-electron chi connectivity index (χ3n) is 9.15. The number of amides is 1. The quantitative estimate of drug-likeness (QED) is 0.0600. The average Bonchev–Trinajstić information content (AvgIpc) is 3.48. The molecule has 0 saturated carbocycles. The van der Waals surface area contributed by atoms with E-state index in [0.717, 1.165) is 12.8 Å². The molecule has 1 aliphatic rings. The number of halogens is 1. The van der Waals surface area contributed by atoms with Gasteiger partial charge in [-0.25, -0.2) is 4.99 Å². The van der Waals surface area contributed by atoms with Gasteiger partial charge in [-0.3, -0.25) is 20.4 Å². The highest BCUT2D eigenvalue weighted by atomic mass is 35.5. The minimum Gasteiger partial charge on any atom is -0.504 e. The highest BCUT2D eigenvalue weighted by Crippen LogP contribution is 2.30. The number of hydrogen-bond acceptors (Lipinski definition) is 7. The van der Waals surface area contributed by atoms with E-state index in [0.29, 0.717) is 34.1 Å². The van der Waals surface area contributed by atoms with Crippen molar-refractivity contribution < 1.29 is 24.2 Å². The summed E-state index contributed by atoms with van der Waals surface area (Å²) >= 11 is 6.43. The number of amidine groups is 1. The maximum atomic E-state index is 13.3. The number of phenolic OH excluding ortho intramolecular Hbond substituents is 1. The molecule has 1 heterocycles. The van der Waals surface area contributed by atoms with Crippen LogP contribution >= 0.6 is 11.6 Å². The summed E-state index contributed by atoms with van der Waals surface area (Å²) in [5.74, 6) is 0.321. The van der Waals surface area contributed by atoms with E-state index in [9.17, 15) is 14.7 Å². The summed E-state index contributed by atoms with van der Waals surface area (Å²) in [7, 11) is 1.45. The van der Waals surface area contributed by atoms with Crippen molar-refractivity contribution >= 4 is 46.6 Å². The van der Waals surface area contributed by atoms with Crippen molar-refractivity contribution in [3.63, 3.8) is 0 Å². The van der Waals surface area contributed by atoms with Crippen molar-refractivity contribution in [2.24, 2.45) is 4.99 Å². The third-order valence-corrected chi connectivity index (χ3v) is 9.46. The minimum atomic E-state index is -0.703. The highest BCUT2D eigenvalue weighted by molar-refractivity contribution is 6.48. The number of methoxy groups -OCH3 is 1. The van der Waals surface area contributed by atoms with Gasteiger partial charge in [-0.05, 0) is 78.9 Å². The zero-order chi connectivity index (χ0) is 37.1. The molecule has 0 bridgehead atoms. The number of rotatable bonds is 22. The van der Waals surface area contributed by atoms with E-state index in [4.69, 9.17) is 21.1 Å². The molecule has 3 aromatic rings. The van der Waals surface area contributed by atoms with Crippen LogP contribution in [0.1, 0.15) is 115 Å². The molecule has 1 aliphatic heterocycles. The molecule has 10 heteroatoms. The van der Waals surface area contributed by atoms with Gasteiger partial charge in [0.1, 0.15) is 11.4 Å². The number of Topliss-reactive ketones (excluding diaryl/α,β-unsaturated/α-hetero) is 1. The monoisotopic (exact) mass is 730 g/mol. The smallest absolute Gasteiger partial charge is 0.265 e. The van der Waals surface area contributed by atoms with Crippen LogP contribution in [0, 0.1) is 0 Å². The number of nitrogens with zero attached hydrogens (tertiary/aromatic N) is 1. The number of ether oxygens (including phenoxy) is 2. The number of hydrogen-bond donors (Lipinski definition) is 4. The van der Waals surface area contributed by atoms with Crippen molar-refractivity contribution in [2.45, 2.75) is 116 Å². The maximum Gasteiger partial charge on any atom is 0.265 e. The molecule has 1 saturated heterocycles. The Morgan fingerprint density at radius 2 is 1.58 bits per heavy atom. The molecule has 0 unspecified atom stereocenters. The lowest BCUT2D eigenvalue weighted by Gasteiger charge is -2.18. The summed E-state index contributed by atoms with van der Waals surface area (Å²) in [6.07, 6.45) is 19.7. The van der Waals surface area contributed by atoms with Gasteiger partial charge in [0, 0.05) is 5.69 Å². The predicted octanol–water partition coefficient (Wildman–Crippen LogP) is 10.2. The number of ketones is 1. The largest absolute Gasteiger partial charge is 0.504 e. The molecule has 4 N–H and O–H groups in total. The maximum absolute atomic E-state index is 13.3. The standard InChI is InChI=1S/C42H55ClN4O5/c1-4-6-7-8-9-10-11-12-13-14-15-16-17-19-30-20-18-21-33(26-30)52-38(5-2)42(50)44-32-23-24-34(43)35(29-32)45-41-40(49)36(46-47-41)27-31-22-25-37(48)39(28-31)51-3/h18,20-29,38,46,48H,4-17,19H2,1-3H3,(H,44,50)(H,45,47)/b36-27+/t38-/m1/s1. The van der Waals surface area contributed by atoms with Gasteiger partial charge in [0.25, 0.3) is 5.91 Å². The zero-order valence-electron chi connectivity index (χ0n) is 30.9. The topological polar surface area (TPSA) is 121 Å². The molecule has 1 atom stereocenters. The van der Waals surface area contributed by atoms with Crippen LogP contribution < -0.4 is 25.6 Å². The van der Waals surface area contributed by atoms with E-state index >= 15 is 0 Å². The van der Waals surface area contributed by atoms with Crippen LogP contribution in [0.2, 0.25) is 5.02 Å². The summed E-state index contributed by atoms with van der Waals surface area (Å²) in [6.45, 7) is 4.18. The van der Waals surface area contributed by atoms with Gasteiger partial charge < -0.3 is 19.9 Å². The second-order valence-corrected chi connectivity index (χ2v) is 13.7. The number of aliphatic imine (C=N–C) groups is 1. The van der Waals surface area contributed by atoms with E-state index in [1.54, 1.807) is 36.4 Å². The molecule has 0 spiro atoms. The normalized spacial score (nSPS) is 14.7. The Hall–Kier alpha value is -4.50. The SMILES string of the molecule is CCCCCCCCCCCCCCCc1cccc(O[C@H](CC)C(=O)Nc2ccc(Cl)c(N=C3NN/C(=C/c4ccc(O)c(OC)c4)C3=O)c2)c1. The van der Waals surface area contributed by atoms with Crippen LogP contribution in [0.5, 0.6) is 17.2 Å². The van der Waals surface area contributed by atoms with Crippen LogP contribution in [0.4, 0.5) is 11.4 Å². The van der Waals surface area contributed by atoms with E-state index in [1.807, 2.05) is 25.1 Å². The lowest BCUT2D eigenvalue weighted by Crippen LogP contribution is -2.32. The lowest BCUT2D eigenvalue weighted by molar-refractivity contribution is -0.122. The second kappa shape index (κ2) is 21.8. The molecule has 0 aromatic heterocycles. The number of carbonyl (C=O) groups is 2. The van der Waals surface area contributed by atoms with Gasteiger partial charge in [-0.1, -0.05) is 121 Å². The molecule has 3 aromatic carbocycles. The number of benzene rings is 3.